The number of thioether (sulfide) groups is 1. The van der Waals surface area contributed by atoms with Gasteiger partial charge in [0.25, 0.3) is 5.22 Å². The van der Waals surface area contributed by atoms with Crippen molar-refractivity contribution < 1.29 is 4.42 Å². The van der Waals surface area contributed by atoms with Crippen molar-refractivity contribution in [2.45, 2.75) is 18.1 Å². The highest BCUT2D eigenvalue weighted by Crippen LogP contribution is 2.22. The van der Waals surface area contributed by atoms with E-state index in [-0.39, 0.29) is 0 Å². The highest BCUT2D eigenvalue weighted by Gasteiger charge is 2.09. The summed E-state index contributed by atoms with van der Waals surface area (Å²) in [7, 11) is 0. The lowest BCUT2D eigenvalue weighted by atomic mass is 10.1. The zero-order valence-electron chi connectivity index (χ0n) is 7.36. The second kappa shape index (κ2) is 3.79. The van der Waals surface area contributed by atoms with Crippen molar-refractivity contribution in [3.8, 4) is 0 Å². The first-order valence-corrected chi connectivity index (χ1v) is 5.37. The highest BCUT2D eigenvalue weighted by molar-refractivity contribution is 7.98. The molecule has 1 aliphatic rings. The van der Waals surface area contributed by atoms with Crippen LogP contribution in [0.4, 0.5) is 0 Å². The minimum Gasteiger partial charge on any atom is -0.411 e. The summed E-state index contributed by atoms with van der Waals surface area (Å²) in [5.41, 5.74) is 1.04. The van der Waals surface area contributed by atoms with Gasteiger partial charge in [0, 0.05) is 5.57 Å². The molecule has 0 unspecified atom stereocenters. The number of hydrogen-bond donors (Lipinski definition) is 0. The van der Waals surface area contributed by atoms with Crippen molar-refractivity contribution in [2.75, 3.05) is 6.26 Å². The van der Waals surface area contributed by atoms with E-state index in [2.05, 4.69) is 22.3 Å². The third kappa shape index (κ3) is 1.83. The monoisotopic (exact) mass is 194 g/mol. The molecule has 0 spiro atoms. The molecule has 0 aliphatic heterocycles. The molecular formula is C9H10N2OS. The van der Waals surface area contributed by atoms with Gasteiger partial charge < -0.3 is 4.42 Å². The standard InChI is InChI=1S/C9H10N2OS/c1-13-9-11-10-8(12-9)7-5-3-2-4-6-7/h3,5-6H,2,4H2,1H3. The van der Waals surface area contributed by atoms with Crippen LogP contribution in [0.3, 0.4) is 0 Å². The second-order valence-electron chi connectivity index (χ2n) is 2.72. The summed E-state index contributed by atoms with van der Waals surface area (Å²) in [6.07, 6.45) is 10.4. The van der Waals surface area contributed by atoms with Crippen molar-refractivity contribution in [3.63, 3.8) is 0 Å². The average Bonchev–Trinajstić information content (AvgIpc) is 2.67. The molecule has 2 rings (SSSR count). The lowest BCUT2D eigenvalue weighted by molar-refractivity contribution is 0.444. The summed E-state index contributed by atoms with van der Waals surface area (Å²) in [6, 6.07) is 0. The first-order chi connectivity index (χ1) is 6.40. The number of hydrogen-bond acceptors (Lipinski definition) is 4. The van der Waals surface area contributed by atoms with Crippen LogP contribution in [0.25, 0.3) is 5.57 Å². The van der Waals surface area contributed by atoms with Crippen LogP contribution in [-0.4, -0.2) is 16.5 Å². The van der Waals surface area contributed by atoms with E-state index in [4.69, 9.17) is 4.42 Å². The summed E-state index contributed by atoms with van der Waals surface area (Å²) in [6.45, 7) is 0. The fourth-order valence-corrected chi connectivity index (χ4v) is 1.47. The van der Waals surface area contributed by atoms with Crippen LogP contribution in [0.2, 0.25) is 0 Å². The maximum absolute atomic E-state index is 5.39. The summed E-state index contributed by atoms with van der Waals surface area (Å²) >= 11 is 1.46. The lowest BCUT2D eigenvalue weighted by Gasteiger charge is -2.00. The summed E-state index contributed by atoms with van der Waals surface area (Å²) in [5, 5.41) is 8.46. The van der Waals surface area contributed by atoms with Gasteiger partial charge in [-0.05, 0) is 19.1 Å². The van der Waals surface area contributed by atoms with Gasteiger partial charge in [0.2, 0.25) is 5.89 Å². The van der Waals surface area contributed by atoms with Crippen LogP contribution in [0.5, 0.6) is 0 Å². The first kappa shape index (κ1) is 8.56. The van der Waals surface area contributed by atoms with Gasteiger partial charge in [-0.1, -0.05) is 30.0 Å². The minimum atomic E-state index is 0.620. The van der Waals surface area contributed by atoms with E-state index in [0.717, 1.165) is 18.4 Å². The van der Waals surface area contributed by atoms with Crippen LogP contribution in [0, 0.1) is 0 Å². The Hall–Kier alpha value is -1.03. The Balaban J connectivity index is 2.24. The minimum absolute atomic E-state index is 0.620. The van der Waals surface area contributed by atoms with E-state index in [1.165, 1.54) is 11.8 Å². The quantitative estimate of drug-likeness (QED) is 0.678. The third-order valence-corrected chi connectivity index (χ3v) is 2.34. The lowest BCUT2D eigenvalue weighted by Crippen LogP contribution is -1.85. The topological polar surface area (TPSA) is 38.9 Å². The molecule has 0 atom stereocenters. The third-order valence-electron chi connectivity index (χ3n) is 1.82. The maximum atomic E-state index is 5.39. The van der Waals surface area contributed by atoms with Gasteiger partial charge in [-0.2, -0.15) is 0 Å². The molecule has 1 aromatic heterocycles. The van der Waals surface area contributed by atoms with Crippen LogP contribution < -0.4 is 0 Å². The Morgan fingerprint density at radius 2 is 2.31 bits per heavy atom. The van der Waals surface area contributed by atoms with Crippen molar-refractivity contribution in [1.29, 1.82) is 0 Å². The Morgan fingerprint density at radius 3 is 2.92 bits per heavy atom. The predicted octanol–water partition coefficient (Wildman–Crippen LogP) is 2.52. The van der Waals surface area contributed by atoms with Gasteiger partial charge in [0.1, 0.15) is 0 Å². The normalized spacial score (nSPS) is 15.9. The second-order valence-corrected chi connectivity index (χ2v) is 3.47. The van der Waals surface area contributed by atoms with Crippen molar-refractivity contribution in [1.82, 2.24) is 10.2 Å². The van der Waals surface area contributed by atoms with Crippen LogP contribution in [0.15, 0.2) is 27.9 Å². The number of allylic oxidation sites excluding steroid dienone is 4. The molecular weight excluding hydrogens is 184 g/mol. The molecule has 1 heterocycles. The largest absolute Gasteiger partial charge is 0.411 e. The predicted molar refractivity (Wildman–Crippen MR) is 52.4 cm³/mol. The smallest absolute Gasteiger partial charge is 0.276 e. The Morgan fingerprint density at radius 1 is 1.38 bits per heavy atom. The van der Waals surface area contributed by atoms with E-state index in [9.17, 15) is 0 Å². The van der Waals surface area contributed by atoms with Crippen LogP contribution in [0.1, 0.15) is 18.7 Å². The van der Waals surface area contributed by atoms with Crippen molar-refractivity contribution in [2.24, 2.45) is 0 Å². The number of rotatable bonds is 2. The van der Waals surface area contributed by atoms with E-state index in [1.807, 2.05) is 12.3 Å². The zero-order chi connectivity index (χ0) is 9.10. The van der Waals surface area contributed by atoms with Gasteiger partial charge in [-0.25, -0.2) is 0 Å². The molecule has 0 fully saturated rings. The van der Waals surface area contributed by atoms with Crippen LogP contribution in [-0.2, 0) is 0 Å². The van der Waals surface area contributed by atoms with Gasteiger partial charge in [-0.15, -0.1) is 10.2 Å². The van der Waals surface area contributed by atoms with Crippen LogP contribution >= 0.6 is 11.8 Å². The number of aromatic nitrogens is 2. The molecule has 4 heteroatoms. The molecule has 68 valence electrons. The molecule has 0 aromatic carbocycles. The molecule has 0 bridgehead atoms. The summed E-state index contributed by atoms with van der Waals surface area (Å²) in [4.78, 5) is 0. The van der Waals surface area contributed by atoms with Crippen molar-refractivity contribution >= 4 is 17.3 Å². The fraction of sp³-hybridized carbons (Fsp3) is 0.333. The Bertz CT molecular complexity index is 354. The van der Waals surface area contributed by atoms with Gasteiger partial charge in [0.15, 0.2) is 0 Å². The van der Waals surface area contributed by atoms with E-state index in [1.54, 1.807) is 0 Å². The van der Waals surface area contributed by atoms with Crippen molar-refractivity contribution in [3.05, 3.63) is 24.1 Å². The van der Waals surface area contributed by atoms with E-state index >= 15 is 0 Å². The maximum Gasteiger partial charge on any atom is 0.276 e. The van der Waals surface area contributed by atoms with Gasteiger partial charge in [-0.3, -0.25) is 0 Å². The molecule has 3 nitrogen and oxygen atoms in total. The molecule has 0 saturated carbocycles. The summed E-state index contributed by atoms with van der Waals surface area (Å²) in [5.74, 6) is 0.625. The fourth-order valence-electron chi connectivity index (χ4n) is 1.18. The molecule has 1 aliphatic carbocycles. The van der Waals surface area contributed by atoms with Gasteiger partial charge in [0.05, 0.1) is 0 Å². The molecule has 0 amide bonds. The summed E-state index contributed by atoms with van der Waals surface area (Å²) < 4.78 is 5.39. The SMILES string of the molecule is CSc1nnc(C2=CCCC=C2)o1. The van der Waals surface area contributed by atoms with E-state index < -0.39 is 0 Å². The zero-order valence-corrected chi connectivity index (χ0v) is 8.17. The molecule has 0 saturated heterocycles. The molecule has 13 heavy (non-hydrogen) atoms. The van der Waals surface area contributed by atoms with Gasteiger partial charge >= 0.3 is 0 Å². The first-order valence-electron chi connectivity index (χ1n) is 4.15. The Labute approximate surface area is 80.9 Å². The highest BCUT2D eigenvalue weighted by atomic mass is 32.2. The number of nitrogens with zero attached hydrogens (tertiary/aromatic N) is 2. The Kier molecular flexibility index (Phi) is 2.49. The average molecular weight is 194 g/mol. The molecule has 1 aromatic rings. The molecule has 0 N–H and O–H groups in total. The molecule has 0 radical (unpaired) electrons. The van der Waals surface area contributed by atoms with E-state index in [0.29, 0.717) is 11.1 Å².